The van der Waals surface area contributed by atoms with Crippen molar-refractivity contribution in [2.45, 2.75) is 28.6 Å². The SMILES string of the molecule is C.C.Cc1nccc(-c2ccnc(F)c2)n1.Cc1nccc(Cl)n1.IC(I)I.O[B]Oc1ccnc(F)c1. The topological polar surface area (TPSA) is 107 Å². The molecule has 0 saturated carbocycles. The van der Waals surface area contributed by atoms with E-state index in [-0.39, 0.29) is 20.6 Å². The Kier molecular flexibility index (Phi) is 22.9. The summed E-state index contributed by atoms with van der Waals surface area (Å²) in [6.45, 7) is 3.59. The van der Waals surface area contributed by atoms with E-state index in [1.807, 2.05) is 0 Å². The number of alkyl halides is 3. The Bertz CT molecular complexity index is 1140. The molecule has 0 amide bonds. The Labute approximate surface area is 268 Å². The van der Waals surface area contributed by atoms with Crippen LogP contribution in [0, 0.1) is 25.7 Å². The summed E-state index contributed by atoms with van der Waals surface area (Å²) in [7, 11) is 0.481. The summed E-state index contributed by atoms with van der Waals surface area (Å²) in [5.74, 6) is 0.449. The summed E-state index contributed by atoms with van der Waals surface area (Å²) < 4.78 is 30.2. The molecule has 0 aliphatic heterocycles. The number of halogens is 6. The van der Waals surface area contributed by atoms with Crippen molar-refractivity contribution in [3.63, 3.8) is 0 Å². The zero-order valence-corrected chi connectivity index (χ0v) is 26.0. The van der Waals surface area contributed by atoms with Gasteiger partial charge in [-0.1, -0.05) is 94.2 Å². The summed E-state index contributed by atoms with van der Waals surface area (Å²) in [5, 5.41) is 8.62. The molecule has 4 rings (SSSR count). The molecular weight excluding hydrogens is 857 g/mol. The zero-order valence-electron chi connectivity index (χ0n) is 18.7. The van der Waals surface area contributed by atoms with Crippen molar-refractivity contribution in [1.82, 2.24) is 29.9 Å². The van der Waals surface area contributed by atoms with Crippen molar-refractivity contribution in [3.05, 3.63) is 89.9 Å². The normalized spacial score (nSPS) is 9.00. The lowest BCUT2D eigenvalue weighted by Gasteiger charge is -2.00. The van der Waals surface area contributed by atoms with E-state index in [9.17, 15) is 8.78 Å². The highest BCUT2D eigenvalue weighted by Gasteiger charge is 2.01. The highest BCUT2D eigenvalue weighted by atomic mass is 127. The number of hydrogen-bond acceptors (Lipinski definition) is 8. The van der Waals surface area contributed by atoms with Crippen molar-refractivity contribution in [3.8, 4) is 17.0 Å². The third-order valence-corrected chi connectivity index (χ3v) is 3.64. The first kappa shape index (κ1) is 38.8. The highest BCUT2D eigenvalue weighted by molar-refractivity contribution is 14.3. The van der Waals surface area contributed by atoms with Gasteiger partial charge in [0.15, 0.2) is 0 Å². The molecule has 0 atom stereocenters. The van der Waals surface area contributed by atoms with Crippen LogP contribution in [0.3, 0.4) is 0 Å². The molecule has 0 fully saturated rings. The van der Waals surface area contributed by atoms with Crippen LogP contribution < -0.4 is 4.65 Å². The summed E-state index contributed by atoms with van der Waals surface area (Å²) in [6, 6.07) is 8.94. The Hall–Kier alpha value is -1.38. The first-order valence-electron chi connectivity index (χ1n) is 9.63. The largest absolute Gasteiger partial charge is 0.569 e. The van der Waals surface area contributed by atoms with Gasteiger partial charge in [-0.05, 0) is 38.1 Å². The van der Waals surface area contributed by atoms with E-state index in [1.54, 1.807) is 44.4 Å². The number of aromatic nitrogens is 6. The molecule has 4 heterocycles. The number of pyridine rings is 2. The van der Waals surface area contributed by atoms with Crippen LogP contribution in [-0.2, 0) is 0 Å². The van der Waals surface area contributed by atoms with Gasteiger partial charge < -0.3 is 9.68 Å². The minimum atomic E-state index is -0.639. The minimum Gasteiger partial charge on any atom is -0.537 e. The fourth-order valence-electron chi connectivity index (χ4n) is 2.12. The molecule has 0 aliphatic carbocycles. The maximum Gasteiger partial charge on any atom is 0.569 e. The molecule has 8 nitrogen and oxygen atoms in total. The van der Waals surface area contributed by atoms with Gasteiger partial charge in [0, 0.05) is 42.5 Å². The van der Waals surface area contributed by atoms with Crippen LogP contribution in [0.25, 0.3) is 11.3 Å². The molecule has 15 heteroatoms. The van der Waals surface area contributed by atoms with Crippen LogP contribution in [0.4, 0.5) is 8.78 Å². The molecule has 38 heavy (non-hydrogen) atoms. The van der Waals surface area contributed by atoms with E-state index in [0.29, 0.717) is 35.7 Å². The van der Waals surface area contributed by atoms with Crippen LogP contribution in [-0.4, -0.2) is 42.6 Å². The molecule has 0 bridgehead atoms. The fourth-order valence-corrected chi connectivity index (χ4v) is 2.30. The predicted molar refractivity (Wildman–Crippen MR) is 174 cm³/mol. The minimum absolute atomic E-state index is 0. The van der Waals surface area contributed by atoms with Gasteiger partial charge in [0.05, 0.1) is 5.69 Å². The van der Waals surface area contributed by atoms with E-state index in [2.05, 4.69) is 102 Å². The van der Waals surface area contributed by atoms with Gasteiger partial charge in [0.2, 0.25) is 11.9 Å². The molecule has 4 aromatic rings. The highest BCUT2D eigenvalue weighted by Crippen LogP contribution is 2.16. The summed E-state index contributed by atoms with van der Waals surface area (Å²) in [6.07, 6.45) is 5.94. The van der Waals surface area contributed by atoms with Crippen molar-refractivity contribution < 1.29 is 18.5 Å². The van der Waals surface area contributed by atoms with E-state index in [0.717, 1.165) is 6.00 Å². The first-order valence-corrected chi connectivity index (χ1v) is 13.7. The first-order chi connectivity index (χ1) is 17.1. The molecule has 1 radical (unpaired) electrons. The van der Waals surface area contributed by atoms with Gasteiger partial charge in [-0.15, -0.1) is 0 Å². The van der Waals surface area contributed by atoms with Crippen molar-refractivity contribution in [2.24, 2.45) is 0 Å². The van der Waals surface area contributed by atoms with Crippen LogP contribution in [0.5, 0.6) is 5.75 Å². The van der Waals surface area contributed by atoms with E-state index in [4.69, 9.17) is 16.6 Å². The lowest BCUT2D eigenvalue weighted by molar-refractivity contribution is 0.449. The maximum atomic E-state index is 12.8. The third-order valence-electron chi connectivity index (χ3n) is 3.43. The van der Waals surface area contributed by atoms with E-state index >= 15 is 0 Å². The zero-order chi connectivity index (χ0) is 26.9. The molecule has 0 aromatic carbocycles. The second-order valence-corrected chi connectivity index (χ2v) is 17.3. The van der Waals surface area contributed by atoms with Crippen molar-refractivity contribution in [1.29, 1.82) is 0 Å². The monoisotopic (exact) mass is 883 g/mol. The molecule has 0 unspecified atom stereocenters. The van der Waals surface area contributed by atoms with Gasteiger partial charge in [0.1, 0.15) is 22.5 Å². The molecule has 205 valence electrons. The summed E-state index contributed by atoms with van der Waals surface area (Å²) >= 11 is 12.4. The van der Waals surface area contributed by atoms with Crippen molar-refractivity contribution >= 4 is 87.1 Å². The standard InChI is InChI=1S/C10H8FN3.C5H4BFNO2.C5H5ClN2.CHI3.2CH4/c1-7-12-5-3-9(14-7)8-2-4-13-10(11)6-8;7-5-3-4(10-6-9)1-2-8-5;1-4-7-3-2-5(6)8-4;2-1(3)4;;/h2-6H,1H3;1-3,9H;2-3H,1H3;1H;2*1H4. The number of nitrogens with zero attached hydrogens (tertiary/aromatic N) is 6. The maximum absolute atomic E-state index is 12.8. The molecular formula is C23H26BClF2I3N6O2. The predicted octanol–water partition coefficient (Wildman–Crippen LogP) is 7.40. The average Bonchev–Trinajstić information content (AvgIpc) is 2.80. The number of hydrogen-bond donors (Lipinski definition) is 1. The molecule has 0 aliphatic rings. The van der Waals surface area contributed by atoms with Gasteiger partial charge in [-0.25, -0.2) is 29.9 Å². The summed E-state index contributed by atoms with van der Waals surface area (Å²) in [5.41, 5.74) is 1.42. The van der Waals surface area contributed by atoms with Crippen LogP contribution >= 0.6 is 79.4 Å². The number of aryl methyl sites for hydroxylation is 2. The second-order valence-electron chi connectivity index (χ2n) is 6.07. The smallest absolute Gasteiger partial charge is 0.537 e. The van der Waals surface area contributed by atoms with E-state index < -0.39 is 11.9 Å². The second kappa shape index (κ2) is 22.4. The van der Waals surface area contributed by atoms with Gasteiger partial charge in [-0.2, -0.15) is 8.78 Å². The van der Waals surface area contributed by atoms with Crippen LogP contribution in [0.1, 0.15) is 26.5 Å². The van der Waals surface area contributed by atoms with E-state index in [1.165, 1.54) is 24.5 Å². The molecule has 4 aromatic heterocycles. The Morgan fingerprint density at radius 1 is 0.816 bits per heavy atom. The van der Waals surface area contributed by atoms with Gasteiger partial charge in [0.25, 0.3) is 0 Å². The Morgan fingerprint density at radius 2 is 1.32 bits per heavy atom. The van der Waals surface area contributed by atoms with Crippen molar-refractivity contribution in [2.75, 3.05) is 0 Å². The van der Waals surface area contributed by atoms with Crippen LogP contribution in [0.15, 0.2) is 61.2 Å². The summed E-state index contributed by atoms with van der Waals surface area (Å²) in [4.78, 5) is 22.6. The molecule has 0 spiro atoms. The fraction of sp³-hybridized carbons (Fsp3) is 0.217. The van der Waals surface area contributed by atoms with Gasteiger partial charge >= 0.3 is 7.69 Å². The lowest BCUT2D eigenvalue weighted by atomic mass is 10.2. The Morgan fingerprint density at radius 3 is 1.76 bits per heavy atom. The number of rotatable bonds is 3. The Balaban J connectivity index is 0. The molecule has 0 saturated heterocycles. The average molecular weight is 883 g/mol. The molecule has 1 N–H and O–H groups in total. The quantitative estimate of drug-likeness (QED) is 0.0747. The lowest BCUT2D eigenvalue weighted by Crippen LogP contribution is -2.00. The van der Waals surface area contributed by atoms with Gasteiger partial charge in [-0.3, -0.25) is 0 Å². The van der Waals surface area contributed by atoms with Crippen LogP contribution in [0.2, 0.25) is 5.15 Å². The third kappa shape index (κ3) is 18.8.